The first-order valence-electron chi connectivity index (χ1n) is 7.68. The Morgan fingerprint density at radius 2 is 1.70 bits per heavy atom. The van der Waals surface area contributed by atoms with Crippen LogP contribution in [0.4, 0.5) is 4.79 Å². The number of carboxylic acid groups (broad SMARTS) is 1. The number of hydrogen-bond acceptors (Lipinski definition) is 2. The van der Waals surface area contributed by atoms with E-state index in [4.69, 9.17) is 5.11 Å². The maximum absolute atomic E-state index is 12.6. The average molecular weight is 282 g/mol. The van der Waals surface area contributed by atoms with Crippen LogP contribution in [0.5, 0.6) is 0 Å². The van der Waals surface area contributed by atoms with Crippen LogP contribution in [-0.4, -0.2) is 52.6 Å². The number of carbonyl (C=O) groups is 2. The van der Waals surface area contributed by atoms with Crippen LogP contribution >= 0.6 is 0 Å². The smallest absolute Gasteiger partial charge is 0.320 e. The van der Waals surface area contributed by atoms with Gasteiger partial charge in [0.05, 0.1) is 5.92 Å². The molecule has 1 N–H and O–H groups in total. The molecule has 2 rings (SSSR count). The van der Waals surface area contributed by atoms with Crippen molar-refractivity contribution in [1.29, 1.82) is 0 Å². The van der Waals surface area contributed by atoms with E-state index in [9.17, 15) is 9.59 Å². The van der Waals surface area contributed by atoms with E-state index in [-0.39, 0.29) is 12.1 Å². The van der Waals surface area contributed by atoms with Crippen molar-refractivity contribution in [3.8, 4) is 0 Å². The number of carboxylic acids is 1. The highest BCUT2D eigenvalue weighted by Crippen LogP contribution is 2.29. The Kier molecular flexibility index (Phi) is 4.55. The first kappa shape index (κ1) is 15.1. The Morgan fingerprint density at radius 3 is 2.20 bits per heavy atom. The lowest BCUT2D eigenvalue weighted by atomic mass is 9.87. The fourth-order valence-electron chi connectivity index (χ4n) is 3.53. The van der Waals surface area contributed by atoms with E-state index in [1.54, 1.807) is 4.90 Å². The van der Waals surface area contributed by atoms with E-state index in [0.717, 1.165) is 18.8 Å². The molecule has 1 saturated carbocycles. The Balaban J connectivity index is 1.95. The monoisotopic (exact) mass is 282 g/mol. The number of aliphatic carboxylic acids is 1. The molecule has 20 heavy (non-hydrogen) atoms. The van der Waals surface area contributed by atoms with Crippen LogP contribution in [0.3, 0.4) is 0 Å². The van der Waals surface area contributed by atoms with Gasteiger partial charge in [-0.3, -0.25) is 4.79 Å². The van der Waals surface area contributed by atoms with Gasteiger partial charge in [-0.25, -0.2) is 4.79 Å². The van der Waals surface area contributed by atoms with Crippen LogP contribution in [0.2, 0.25) is 0 Å². The van der Waals surface area contributed by atoms with Crippen molar-refractivity contribution < 1.29 is 14.7 Å². The molecule has 0 bridgehead atoms. The minimum absolute atomic E-state index is 0.000744. The van der Waals surface area contributed by atoms with E-state index in [1.165, 1.54) is 12.8 Å². The Morgan fingerprint density at radius 1 is 1.10 bits per heavy atom. The van der Waals surface area contributed by atoms with Crippen LogP contribution in [0, 0.1) is 11.8 Å². The number of likely N-dealkylation sites (tertiary alicyclic amines) is 1. The molecule has 0 aromatic rings. The van der Waals surface area contributed by atoms with Gasteiger partial charge in [-0.15, -0.1) is 0 Å². The molecule has 2 unspecified atom stereocenters. The summed E-state index contributed by atoms with van der Waals surface area (Å²) in [4.78, 5) is 27.3. The van der Waals surface area contributed by atoms with Crippen LogP contribution in [-0.2, 0) is 4.79 Å². The Hall–Kier alpha value is -1.26. The van der Waals surface area contributed by atoms with Gasteiger partial charge in [0.2, 0.25) is 0 Å². The van der Waals surface area contributed by atoms with Gasteiger partial charge in [0.15, 0.2) is 0 Å². The largest absolute Gasteiger partial charge is 0.481 e. The lowest BCUT2D eigenvalue weighted by Gasteiger charge is -2.37. The number of nitrogens with zero attached hydrogens (tertiary/aromatic N) is 2. The summed E-state index contributed by atoms with van der Waals surface area (Å²) < 4.78 is 0. The van der Waals surface area contributed by atoms with Crippen molar-refractivity contribution in [2.24, 2.45) is 11.8 Å². The van der Waals surface area contributed by atoms with Crippen molar-refractivity contribution in [3.63, 3.8) is 0 Å². The molecular formula is C15H26N2O3. The second-order valence-corrected chi connectivity index (χ2v) is 6.47. The molecule has 5 heteroatoms. The molecule has 1 aliphatic heterocycles. The second kappa shape index (κ2) is 6.02. The highest BCUT2D eigenvalue weighted by Gasteiger charge is 2.40. The zero-order chi connectivity index (χ0) is 14.9. The fraction of sp³-hybridized carbons (Fsp3) is 0.867. The summed E-state index contributed by atoms with van der Waals surface area (Å²) in [5.74, 6) is -0.447. The Labute approximate surface area is 120 Å². The van der Waals surface area contributed by atoms with Crippen molar-refractivity contribution >= 4 is 12.0 Å². The van der Waals surface area contributed by atoms with Gasteiger partial charge in [0.25, 0.3) is 0 Å². The molecule has 114 valence electrons. The molecule has 1 aliphatic carbocycles. The van der Waals surface area contributed by atoms with Crippen LogP contribution in [0.15, 0.2) is 0 Å². The standard InChI is InChI=1S/C15H26N2O3/c1-10-4-6-12(7-5-10)16(3)15(20)17-9-8-13(11(17)2)14(18)19/h10-13H,4-9H2,1-3H3,(H,18,19). The molecule has 0 aromatic carbocycles. The minimum Gasteiger partial charge on any atom is -0.481 e. The van der Waals surface area contributed by atoms with Gasteiger partial charge >= 0.3 is 12.0 Å². The number of urea groups is 1. The number of hydrogen-bond donors (Lipinski definition) is 1. The van der Waals surface area contributed by atoms with Crippen LogP contribution in [0.1, 0.15) is 46.0 Å². The first-order chi connectivity index (χ1) is 9.41. The van der Waals surface area contributed by atoms with E-state index in [1.807, 2.05) is 18.9 Å². The molecular weight excluding hydrogens is 256 g/mol. The molecule has 2 fully saturated rings. The zero-order valence-corrected chi connectivity index (χ0v) is 12.7. The predicted molar refractivity (Wildman–Crippen MR) is 76.5 cm³/mol. The summed E-state index contributed by atoms with van der Waals surface area (Å²) in [5.41, 5.74) is 0. The predicted octanol–water partition coefficient (Wildman–Crippen LogP) is 2.41. The normalized spacial score (nSPS) is 34.0. The fourth-order valence-corrected chi connectivity index (χ4v) is 3.53. The van der Waals surface area contributed by atoms with Gasteiger partial charge in [-0.05, 0) is 44.9 Å². The molecule has 2 amide bonds. The van der Waals surface area contributed by atoms with Gasteiger partial charge in [-0.2, -0.15) is 0 Å². The highest BCUT2D eigenvalue weighted by atomic mass is 16.4. The molecule has 0 spiro atoms. The van der Waals surface area contributed by atoms with Crippen molar-refractivity contribution in [2.75, 3.05) is 13.6 Å². The summed E-state index contributed by atoms with van der Waals surface area (Å²) in [6, 6.07) is 0.112. The molecule has 0 aromatic heterocycles. The van der Waals surface area contributed by atoms with Crippen molar-refractivity contribution in [2.45, 2.75) is 58.0 Å². The quantitative estimate of drug-likeness (QED) is 0.846. The molecule has 1 heterocycles. The van der Waals surface area contributed by atoms with E-state index >= 15 is 0 Å². The average Bonchev–Trinajstić information content (AvgIpc) is 2.80. The molecule has 0 radical (unpaired) electrons. The minimum atomic E-state index is -0.790. The SMILES string of the molecule is CC1CCC(N(C)C(=O)N2CCC(C(=O)O)C2C)CC1. The van der Waals surface area contributed by atoms with Gasteiger partial charge in [-0.1, -0.05) is 6.92 Å². The summed E-state index contributed by atoms with van der Waals surface area (Å²) in [5, 5.41) is 9.15. The highest BCUT2D eigenvalue weighted by molar-refractivity contribution is 5.78. The third-order valence-electron chi connectivity index (χ3n) is 5.15. The van der Waals surface area contributed by atoms with E-state index in [2.05, 4.69) is 6.92 Å². The maximum Gasteiger partial charge on any atom is 0.320 e. The van der Waals surface area contributed by atoms with E-state index < -0.39 is 11.9 Å². The third kappa shape index (κ3) is 2.91. The first-order valence-corrected chi connectivity index (χ1v) is 7.68. The van der Waals surface area contributed by atoms with Crippen LogP contribution in [0.25, 0.3) is 0 Å². The summed E-state index contributed by atoms with van der Waals surface area (Å²) in [7, 11) is 1.86. The van der Waals surface area contributed by atoms with Crippen LogP contribution < -0.4 is 0 Å². The number of carbonyl (C=O) groups excluding carboxylic acids is 1. The Bertz CT molecular complexity index is 377. The topological polar surface area (TPSA) is 60.9 Å². The molecule has 2 aliphatic rings. The summed E-state index contributed by atoms with van der Waals surface area (Å²) >= 11 is 0. The van der Waals surface area contributed by atoms with Gasteiger partial charge < -0.3 is 14.9 Å². The number of rotatable bonds is 2. The molecule has 5 nitrogen and oxygen atoms in total. The van der Waals surface area contributed by atoms with E-state index in [0.29, 0.717) is 19.0 Å². The third-order valence-corrected chi connectivity index (χ3v) is 5.15. The van der Waals surface area contributed by atoms with Gasteiger partial charge in [0, 0.05) is 25.7 Å². The molecule has 1 saturated heterocycles. The summed E-state index contributed by atoms with van der Waals surface area (Å²) in [6.07, 6.45) is 5.05. The van der Waals surface area contributed by atoms with Crippen molar-refractivity contribution in [1.82, 2.24) is 9.80 Å². The maximum atomic E-state index is 12.6. The second-order valence-electron chi connectivity index (χ2n) is 6.47. The van der Waals surface area contributed by atoms with Gasteiger partial charge in [0.1, 0.15) is 0 Å². The zero-order valence-electron chi connectivity index (χ0n) is 12.7. The molecule has 2 atom stereocenters. The summed E-state index contributed by atoms with van der Waals surface area (Å²) in [6.45, 7) is 4.67. The number of amides is 2. The lowest BCUT2D eigenvalue weighted by Crippen LogP contribution is -2.49. The lowest BCUT2D eigenvalue weighted by molar-refractivity contribution is -0.142. The van der Waals surface area contributed by atoms with Crippen molar-refractivity contribution in [3.05, 3.63) is 0 Å².